The Bertz CT molecular complexity index is 1880. The van der Waals surface area contributed by atoms with Gasteiger partial charge in [-0.15, -0.1) is 6.58 Å². The second kappa shape index (κ2) is 27.8. The quantitative estimate of drug-likeness (QED) is 0.0313. The Hall–Kier alpha value is -4.72. The van der Waals surface area contributed by atoms with Crippen molar-refractivity contribution in [1.29, 1.82) is 0 Å². The molecule has 1 saturated carbocycles. The van der Waals surface area contributed by atoms with E-state index in [1.54, 1.807) is 29.2 Å². The third-order valence-electron chi connectivity index (χ3n) is 13.4. The van der Waals surface area contributed by atoms with Crippen LogP contribution in [0.25, 0.3) is 0 Å². The van der Waals surface area contributed by atoms with Gasteiger partial charge in [-0.2, -0.15) is 0 Å². The van der Waals surface area contributed by atoms with Gasteiger partial charge < -0.3 is 34.0 Å². The predicted octanol–water partition coefficient (Wildman–Crippen LogP) is 11.8. The van der Waals surface area contributed by atoms with Crippen LogP contribution >= 0.6 is 0 Å². The summed E-state index contributed by atoms with van der Waals surface area (Å²) in [7, 11) is 0. The zero-order valence-corrected chi connectivity index (χ0v) is 39.8. The number of non-ortho nitro benzene ring substituents is 1. The molecule has 0 unspecified atom stereocenters. The standard InChI is InChI=1S/C53H77N3O10/c1-5-9-10-11-12-13-14-15-16-21-35-63-52(59)55(30-6-2)49-38-47(54-65-39-40-24-26-42(27-25-40)56(60)61)45-36-41(22-17-19-31-57)44(23-18-20-32-58)50-46-37-43(62-33-7-3)28-29-48(46)66-53(49,51(45)50)64-34-8-4/h7-8,24-29,36-37,41,44,49-51,57-58H,3-6,9-23,30-35,38-39H2,1-2H3/t41-,44+,49-,50+,51+,53+/m0/s1. The van der Waals surface area contributed by atoms with Gasteiger partial charge in [-0.05, 0) is 91.8 Å². The van der Waals surface area contributed by atoms with Crippen molar-refractivity contribution in [1.82, 2.24) is 4.90 Å². The number of benzene rings is 2. The lowest BCUT2D eigenvalue weighted by atomic mass is 9.55. The maximum atomic E-state index is 14.6. The molecule has 5 rings (SSSR count). The number of nitro benzene ring substituents is 1. The molecule has 3 aliphatic rings. The number of aliphatic hydroxyl groups excluding tert-OH is 2. The van der Waals surface area contributed by atoms with Crippen LogP contribution in [-0.2, 0) is 20.9 Å². The van der Waals surface area contributed by atoms with Gasteiger partial charge in [0.05, 0.1) is 29.8 Å². The number of unbranched alkanes of at least 4 members (excludes halogenated alkanes) is 11. The highest BCUT2D eigenvalue weighted by Crippen LogP contribution is 2.62. The highest BCUT2D eigenvalue weighted by Gasteiger charge is 2.65. The normalized spacial score (nSPS) is 22.3. The Morgan fingerprint density at radius 2 is 1.58 bits per heavy atom. The molecular weight excluding hydrogens is 839 g/mol. The fourth-order valence-corrected chi connectivity index (χ4v) is 10.2. The zero-order valence-electron chi connectivity index (χ0n) is 39.8. The molecule has 13 nitrogen and oxygen atoms in total. The fourth-order valence-electron chi connectivity index (χ4n) is 10.2. The van der Waals surface area contributed by atoms with Crippen LogP contribution in [0, 0.1) is 27.9 Å². The number of rotatable bonds is 32. The number of hydrogen-bond donors (Lipinski definition) is 2. The molecule has 1 aliphatic heterocycles. The number of ether oxygens (including phenoxy) is 4. The van der Waals surface area contributed by atoms with Gasteiger partial charge in [-0.25, -0.2) is 4.79 Å². The van der Waals surface area contributed by atoms with Crippen LogP contribution < -0.4 is 9.47 Å². The number of carbonyl (C=O) groups is 1. The molecular formula is C53H77N3O10. The Balaban J connectivity index is 1.59. The molecule has 13 heteroatoms. The maximum Gasteiger partial charge on any atom is 0.410 e. The summed E-state index contributed by atoms with van der Waals surface area (Å²) in [6.45, 7) is 13.6. The first kappa shape index (κ1) is 52.3. The lowest BCUT2D eigenvalue weighted by molar-refractivity contribution is -0.384. The average Bonchev–Trinajstić information content (AvgIpc) is 3.32. The van der Waals surface area contributed by atoms with Crippen LogP contribution in [0.4, 0.5) is 10.5 Å². The van der Waals surface area contributed by atoms with Gasteiger partial charge in [0, 0.05) is 49.8 Å². The lowest BCUT2D eigenvalue weighted by Crippen LogP contribution is -2.70. The highest BCUT2D eigenvalue weighted by molar-refractivity contribution is 6.03. The van der Waals surface area contributed by atoms with Crippen molar-refractivity contribution in [2.24, 2.45) is 22.9 Å². The van der Waals surface area contributed by atoms with Crippen LogP contribution in [0.1, 0.15) is 146 Å². The van der Waals surface area contributed by atoms with Crippen molar-refractivity contribution in [3.8, 4) is 11.5 Å². The van der Waals surface area contributed by atoms with E-state index in [-0.39, 0.29) is 56.3 Å². The number of nitrogens with zero attached hydrogens (tertiary/aromatic N) is 3. The van der Waals surface area contributed by atoms with Crippen molar-refractivity contribution in [2.75, 3.05) is 39.6 Å². The smallest absolute Gasteiger partial charge is 0.410 e. The zero-order chi connectivity index (χ0) is 47.2. The van der Waals surface area contributed by atoms with Crippen molar-refractivity contribution >= 4 is 17.5 Å². The molecule has 0 spiro atoms. The molecule has 2 aliphatic carbocycles. The van der Waals surface area contributed by atoms with Gasteiger partial charge in [0.15, 0.2) is 0 Å². The summed E-state index contributed by atoms with van der Waals surface area (Å²) >= 11 is 0. The number of amides is 1. The average molecular weight is 916 g/mol. The molecule has 6 atom stereocenters. The molecule has 0 bridgehead atoms. The lowest BCUT2D eigenvalue weighted by Gasteiger charge is -2.59. The molecule has 0 radical (unpaired) electrons. The summed E-state index contributed by atoms with van der Waals surface area (Å²) in [5, 5.41) is 36.1. The van der Waals surface area contributed by atoms with Gasteiger partial charge in [-0.3, -0.25) is 15.0 Å². The van der Waals surface area contributed by atoms with E-state index >= 15 is 0 Å². The van der Waals surface area contributed by atoms with Crippen molar-refractivity contribution < 1.29 is 43.7 Å². The summed E-state index contributed by atoms with van der Waals surface area (Å²) in [6.07, 6.45) is 22.4. The van der Waals surface area contributed by atoms with Gasteiger partial charge in [-0.1, -0.05) is 114 Å². The second-order valence-corrected chi connectivity index (χ2v) is 18.1. The van der Waals surface area contributed by atoms with E-state index < -0.39 is 28.8 Å². The molecule has 1 amide bonds. The van der Waals surface area contributed by atoms with Crippen molar-refractivity contribution in [3.63, 3.8) is 0 Å². The SMILES string of the molecule is C=CCOc1ccc2c(c1)[C@H]1[C@H](CCCCO)[C@@H](CCCCO)C=C3C(=NOCc4ccc([N+](=O)[O-])cc4)C[C@H](N(CCC)C(=O)OCCCCCCCCCCCC)[C@@](OCC=C)(O2)[C@H]31. The number of allylic oxidation sites excluding steroid dienone is 1. The van der Waals surface area contributed by atoms with Crippen LogP contribution in [0.2, 0.25) is 0 Å². The van der Waals surface area contributed by atoms with Crippen LogP contribution in [0.3, 0.4) is 0 Å². The number of hydrogen-bond acceptors (Lipinski definition) is 11. The molecule has 1 heterocycles. The molecule has 364 valence electrons. The van der Waals surface area contributed by atoms with Crippen LogP contribution in [0.15, 0.2) is 84.6 Å². The summed E-state index contributed by atoms with van der Waals surface area (Å²) < 4.78 is 26.7. The minimum Gasteiger partial charge on any atom is -0.490 e. The first-order valence-corrected chi connectivity index (χ1v) is 24.9. The van der Waals surface area contributed by atoms with E-state index in [1.807, 2.05) is 19.1 Å². The number of aliphatic hydroxyl groups is 2. The number of nitro groups is 1. The molecule has 0 aromatic heterocycles. The topological polar surface area (TPSA) is 162 Å². The number of fused-ring (bicyclic) bond motifs is 2. The van der Waals surface area contributed by atoms with E-state index in [4.69, 9.17) is 28.9 Å². The Kier molecular flexibility index (Phi) is 22.0. The molecule has 0 saturated heterocycles. The van der Waals surface area contributed by atoms with E-state index in [0.717, 1.165) is 56.1 Å². The first-order chi connectivity index (χ1) is 32.3. The van der Waals surface area contributed by atoms with E-state index in [0.29, 0.717) is 61.8 Å². The largest absolute Gasteiger partial charge is 0.490 e. The van der Waals surface area contributed by atoms with Gasteiger partial charge in [0.2, 0.25) is 5.79 Å². The Morgan fingerprint density at radius 1 is 0.894 bits per heavy atom. The van der Waals surface area contributed by atoms with Crippen LogP contribution in [0.5, 0.6) is 11.5 Å². The fraction of sp³-hybridized carbons (Fsp3) is 0.623. The Labute approximate surface area is 393 Å². The van der Waals surface area contributed by atoms with Gasteiger partial charge >= 0.3 is 6.09 Å². The third kappa shape index (κ3) is 13.9. The number of carbonyl (C=O) groups excluding carboxylic acids is 1. The predicted molar refractivity (Wildman–Crippen MR) is 259 cm³/mol. The van der Waals surface area contributed by atoms with E-state index in [1.165, 1.54) is 57.1 Å². The van der Waals surface area contributed by atoms with Gasteiger partial charge in [0.1, 0.15) is 30.8 Å². The van der Waals surface area contributed by atoms with Crippen molar-refractivity contribution in [2.45, 2.75) is 154 Å². The number of oxime groups is 1. The molecule has 1 fully saturated rings. The molecule has 66 heavy (non-hydrogen) atoms. The monoisotopic (exact) mass is 916 g/mol. The van der Waals surface area contributed by atoms with Crippen molar-refractivity contribution in [3.05, 3.63) is 101 Å². The van der Waals surface area contributed by atoms with Crippen LogP contribution in [-0.4, -0.2) is 83.2 Å². The maximum absolute atomic E-state index is 14.6. The summed E-state index contributed by atoms with van der Waals surface area (Å²) in [5.74, 6) is -0.674. The minimum atomic E-state index is -1.41. The van der Waals surface area contributed by atoms with Gasteiger partial charge in [0.25, 0.3) is 5.69 Å². The van der Waals surface area contributed by atoms with E-state index in [2.05, 4.69) is 32.2 Å². The molecule has 2 N–H and O–H groups in total. The minimum absolute atomic E-state index is 0.0121. The summed E-state index contributed by atoms with van der Waals surface area (Å²) in [4.78, 5) is 33.5. The highest BCUT2D eigenvalue weighted by atomic mass is 16.7. The molecule has 2 aromatic carbocycles. The summed E-state index contributed by atoms with van der Waals surface area (Å²) in [6, 6.07) is 11.4. The molecule has 2 aromatic rings. The Morgan fingerprint density at radius 3 is 2.23 bits per heavy atom. The third-order valence-corrected chi connectivity index (χ3v) is 13.4. The van der Waals surface area contributed by atoms with E-state index in [9.17, 15) is 25.1 Å². The first-order valence-electron chi connectivity index (χ1n) is 24.9. The second-order valence-electron chi connectivity index (χ2n) is 18.1. The summed E-state index contributed by atoms with van der Waals surface area (Å²) in [5.41, 5.74) is 3.23.